The minimum atomic E-state index is -3.53. The number of thiazole rings is 1. The van der Waals surface area contributed by atoms with Gasteiger partial charge in [-0.3, -0.25) is 0 Å². The van der Waals surface area contributed by atoms with Crippen molar-refractivity contribution in [3.05, 3.63) is 59.5 Å². The molecule has 2 heterocycles. The third-order valence-electron chi connectivity index (χ3n) is 5.85. The first-order valence-corrected chi connectivity index (χ1v) is 13.4. The second-order valence-electron chi connectivity index (χ2n) is 8.21. The fourth-order valence-electron chi connectivity index (χ4n) is 4.05. The lowest BCUT2D eigenvalue weighted by Crippen LogP contribution is -2.54. The fraction of sp³-hybridized carbons (Fsp3) is 0.435. The van der Waals surface area contributed by atoms with Crippen LogP contribution in [-0.4, -0.2) is 54.0 Å². The Morgan fingerprint density at radius 2 is 1.87 bits per heavy atom. The fourth-order valence-corrected chi connectivity index (χ4v) is 7.37. The molecule has 5 nitrogen and oxygen atoms in total. The molecule has 166 valence electrons. The summed E-state index contributed by atoms with van der Waals surface area (Å²) in [6.07, 6.45) is 9.22. The smallest absolute Gasteiger partial charge is 0.222 e. The highest BCUT2D eigenvalue weighted by molar-refractivity contribution is 7.90. The van der Waals surface area contributed by atoms with E-state index in [1.807, 2.05) is 0 Å². The zero-order valence-corrected chi connectivity index (χ0v) is 20.3. The maximum absolute atomic E-state index is 13.2. The van der Waals surface area contributed by atoms with Crippen molar-refractivity contribution >= 4 is 38.1 Å². The maximum atomic E-state index is 13.2. The highest BCUT2D eigenvalue weighted by Gasteiger charge is 2.43. The van der Waals surface area contributed by atoms with Gasteiger partial charge in [0, 0.05) is 37.1 Å². The van der Waals surface area contributed by atoms with E-state index in [2.05, 4.69) is 41.5 Å². The molecule has 0 spiro atoms. The van der Waals surface area contributed by atoms with Crippen LogP contribution in [0.4, 0.5) is 5.13 Å². The Hall–Kier alpha value is -1.67. The van der Waals surface area contributed by atoms with Crippen molar-refractivity contribution in [2.75, 3.05) is 31.1 Å². The number of nitrogens with zero attached hydrogens (tertiary/aromatic N) is 3. The zero-order chi connectivity index (χ0) is 22.1. The molecule has 1 aliphatic heterocycles. The van der Waals surface area contributed by atoms with Crippen molar-refractivity contribution in [1.29, 1.82) is 0 Å². The number of piperazine rings is 1. The molecule has 31 heavy (non-hydrogen) atoms. The molecule has 0 amide bonds. The van der Waals surface area contributed by atoms with E-state index in [-0.39, 0.29) is 0 Å². The Kier molecular flexibility index (Phi) is 6.58. The Bertz CT molecular complexity index is 1070. The van der Waals surface area contributed by atoms with E-state index < -0.39 is 20.1 Å². The van der Waals surface area contributed by atoms with Gasteiger partial charge in [-0.1, -0.05) is 61.9 Å². The minimum absolute atomic E-state index is 0.435. The molecule has 1 aromatic carbocycles. The average Bonchev–Trinajstić information content (AvgIpc) is 3.24. The van der Waals surface area contributed by atoms with E-state index in [0.717, 1.165) is 29.2 Å². The topological polar surface area (TPSA) is 53.5 Å². The van der Waals surface area contributed by atoms with Crippen molar-refractivity contribution < 1.29 is 8.42 Å². The molecule has 0 saturated carbocycles. The summed E-state index contributed by atoms with van der Waals surface area (Å²) in [5, 5.41) is 2.26. The molecule has 2 aromatic rings. The Morgan fingerprint density at radius 1 is 1.16 bits per heavy atom. The molecule has 2 aliphatic rings. The monoisotopic (exact) mass is 477 g/mol. The summed E-state index contributed by atoms with van der Waals surface area (Å²) < 4.78 is 27.9. The van der Waals surface area contributed by atoms with Gasteiger partial charge in [0.15, 0.2) is 5.13 Å². The molecule has 0 N–H and O–H groups in total. The second kappa shape index (κ2) is 9.06. The van der Waals surface area contributed by atoms with E-state index in [4.69, 9.17) is 16.6 Å². The first-order chi connectivity index (χ1) is 14.8. The number of anilines is 1. The molecule has 8 heteroatoms. The van der Waals surface area contributed by atoms with Crippen LogP contribution in [0.5, 0.6) is 0 Å². The number of rotatable bonds is 6. The van der Waals surface area contributed by atoms with E-state index in [0.29, 0.717) is 26.2 Å². The lowest BCUT2D eigenvalue weighted by Gasteiger charge is -2.38. The molecule has 1 aromatic heterocycles. The SMILES string of the molecule is CCCc1ccc(-c2csc(N3CCN(S(=O)(=O)C4C=CC=CC4(C)Cl)CC3)n2)cc1. The predicted octanol–water partition coefficient (Wildman–Crippen LogP) is 4.71. The van der Waals surface area contributed by atoms with E-state index in [9.17, 15) is 8.42 Å². The number of hydrogen-bond acceptors (Lipinski definition) is 5. The standard InChI is InChI=1S/C23H28ClN3O2S2/c1-3-6-18-8-10-19(11-9-18)20-17-30-22(25-20)26-13-15-27(16-14-26)31(28,29)21-7-4-5-12-23(21,2)24/h4-5,7-12,17,21H,3,6,13-16H2,1-2H3. The van der Waals surface area contributed by atoms with Crippen molar-refractivity contribution in [3.63, 3.8) is 0 Å². The maximum Gasteiger partial charge on any atom is 0.222 e. The van der Waals surface area contributed by atoms with Gasteiger partial charge in [-0.2, -0.15) is 4.31 Å². The van der Waals surface area contributed by atoms with Gasteiger partial charge in [-0.15, -0.1) is 22.9 Å². The Morgan fingerprint density at radius 3 is 2.52 bits per heavy atom. The summed E-state index contributed by atoms with van der Waals surface area (Å²) in [7, 11) is -3.53. The largest absolute Gasteiger partial charge is 0.345 e. The number of benzene rings is 1. The van der Waals surface area contributed by atoms with Gasteiger partial charge in [0.25, 0.3) is 0 Å². The molecular formula is C23H28ClN3O2S2. The van der Waals surface area contributed by atoms with Gasteiger partial charge in [0.05, 0.1) is 10.6 Å². The number of allylic oxidation sites excluding steroid dienone is 3. The number of aromatic nitrogens is 1. The molecular weight excluding hydrogens is 450 g/mol. The molecule has 1 saturated heterocycles. The third kappa shape index (κ3) is 4.75. The number of sulfonamides is 1. The molecule has 0 bridgehead atoms. The summed E-state index contributed by atoms with van der Waals surface area (Å²) in [4.78, 5) is 6.05. The van der Waals surface area contributed by atoms with Crippen LogP contribution in [0.1, 0.15) is 25.8 Å². The summed E-state index contributed by atoms with van der Waals surface area (Å²) in [6.45, 7) is 6.04. The van der Waals surface area contributed by atoms with E-state index in [1.54, 1.807) is 46.9 Å². The highest BCUT2D eigenvalue weighted by atomic mass is 35.5. The summed E-state index contributed by atoms with van der Waals surface area (Å²) in [6, 6.07) is 8.59. The molecule has 1 fully saturated rings. The van der Waals surface area contributed by atoms with Gasteiger partial charge < -0.3 is 4.90 Å². The highest BCUT2D eigenvalue weighted by Crippen LogP contribution is 2.33. The van der Waals surface area contributed by atoms with Crippen LogP contribution >= 0.6 is 22.9 Å². The van der Waals surface area contributed by atoms with Gasteiger partial charge in [0.1, 0.15) is 5.25 Å². The van der Waals surface area contributed by atoms with Crippen LogP contribution in [0.25, 0.3) is 11.3 Å². The van der Waals surface area contributed by atoms with Gasteiger partial charge >= 0.3 is 0 Å². The number of halogens is 1. The van der Waals surface area contributed by atoms with Crippen molar-refractivity contribution in [2.45, 2.75) is 36.8 Å². The summed E-state index contributed by atoms with van der Waals surface area (Å²) in [5.74, 6) is 0. The van der Waals surface area contributed by atoms with E-state index >= 15 is 0 Å². The normalized spacial score (nSPS) is 24.6. The predicted molar refractivity (Wildman–Crippen MR) is 131 cm³/mol. The third-order valence-corrected chi connectivity index (χ3v) is 9.61. The lowest BCUT2D eigenvalue weighted by atomic mass is 10.0. The van der Waals surface area contributed by atoms with Crippen molar-refractivity contribution in [1.82, 2.24) is 9.29 Å². The number of aryl methyl sites for hydroxylation is 1. The first kappa shape index (κ1) is 22.5. The van der Waals surface area contributed by atoms with E-state index in [1.165, 1.54) is 5.56 Å². The van der Waals surface area contributed by atoms with Crippen LogP contribution in [0.2, 0.25) is 0 Å². The molecule has 0 radical (unpaired) electrons. The van der Waals surface area contributed by atoms with Crippen LogP contribution in [-0.2, 0) is 16.4 Å². The van der Waals surface area contributed by atoms with Gasteiger partial charge in [0.2, 0.25) is 10.0 Å². The quantitative estimate of drug-likeness (QED) is 0.565. The second-order valence-corrected chi connectivity index (χ2v) is 11.9. The summed E-state index contributed by atoms with van der Waals surface area (Å²) >= 11 is 8.10. The number of hydrogen-bond donors (Lipinski definition) is 0. The van der Waals surface area contributed by atoms with Gasteiger partial charge in [-0.05, 0) is 18.9 Å². The average molecular weight is 478 g/mol. The lowest BCUT2D eigenvalue weighted by molar-refractivity contribution is 0.379. The molecule has 2 unspecified atom stereocenters. The van der Waals surface area contributed by atoms with Crippen LogP contribution in [0.3, 0.4) is 0 Å². The number of alkyl halides is 1. The van der Waals surface area contributed by atoms with Crippen LogP contribution < -0.4 is 4.90 Å². The minimum Gasteiger partial charge on any atom is -0.345 e. The summed E-state index contributed by atoms with van der Waals surface area (Å²) in [5.41, 5.74) is 3.42. The van der Waals surface area contributed by atoms with Crippen molar-refractivity contribution in [2.24, 2.45) is 0 Å². The molecule has 4 rings (SSSR count). The van der Waals surface area contributed by atoms with Gasteiger partial charge in [-0.25, -0.2) is 13.4 Å². The molecule has 1 aliphatic carbocycles. The Balaban J connectivity index is 1.41. The van der Waals surface area contributed by atoms with Crippen LogP contribution in [0.15, 0.2) is 53.9 Å². The first-order valence-electron chi connectivity index (χ1n) is 10.6. The zero-order valence-electron chi connectivity index (χ0n) is 17.9. The molecule has 2 atom stereocenters. The van der Waals surface area contributed by atoms with Crippen molar-refractivity contribution in [3.8, 4) is 11.3 Å². The Labute approximate surface area is 194 Å². The van der Waals surface area contributed by atoms with Crippen LogP contribution in [0, 0.1) is 0 Å².